The molecule has 0 bridgehead atoms. The first-order chi connectivity index (χ1) is 11.0. The van der Waals surface area contributed by atoms with Gasteiger partial charge in [0, 0.05) is 25.4 Å². The van der Waals surface area contributed by atoms with Gasteiger partial charge in [-0.05, 0) is 36.9 Å². The van der Waals surface area contributed by atoms with Gasteiger partial charge in [-0.15, -0.1) is 0 Å². The fourth-order valence-electron chi connectivity index (χ4n) is 2.47. The Morgan fingerprint density at radius 1 is 1.09 bits per heavy atom. The van der Waals surface area contributed by atoms with Crippen LogP contribution in [0.3, 0.4) is 0 Å². The van der Waals surface area contributed by atoms with Gasteiger partial charge in [0.25, 0.3) is 5.56 Å². The molecule has 0 spiro atoms. The lowest BCUT2D eigenvalue weighted by atomic mass is 10.2. The maximum Gasteiger partial charge on any atom is 0.258 e. The van der Waals surface area contributed by atoms with Crippen molar-refractivity contribution < 1.29 is 0 Å². The molecule has 0 amide bonds. The Balaban J connectivity index is 1.78. The molecule has 3 aromatic rings. The predicted octanol–water partition coefficient (Wildman–Crippen LogP) is 3.63. The van der Waals surface area contributed by atoms with Gasteiger partial charge in [0.1, 0.15) is 5.65 Å². The van der Waals surface area contributed by atoms with E-state index < -0.39 is 0 Å². The molecule has 2 aromatic heterocycles. The molecule has 0 aliphatic rings. The number of hydrogen-bond donors (Lipinski definition) is 0. The maximum absolute atomic E-state index is 12.1. The van der Waals surface area contributed by atoms with E-state index in [-0.39, 0.29) is 5.56 Å². The Hall–Kier alpha value is -1.88. The van der Waals surface area contributed by atoms with Crippen LogP contribution in [0.4, 0.5) is 0 Å². The van der Waals surface area contributed by atoms with E-state index >= 15 is 0 Å². The summed E-state index contributed by atoms with van der Waals surface area (Å²) < 4.78 is 1.53. The molecule has 0 aliphatic carbocycles. The van der Waals surface area contributed by atoms with Crippen LogP contribution in [0.25, 0.3) is 5.65 Å². The van der Waals surface area contributed by atoms with E-state index in [1.165, 1.54) is 4.40 Å². The van der Waals surface area contributed by atoms with Crippen LogP contribution in [-0.2, 0) is 13.1 Å². The van der Waals surface area contributed by atoms with E-state index in [0.717, 1.165) is 11.3 Å². The van der Waals surface area contributed by atoms with Crippen molar-refractivity contribution in [1.82, 2.24) is 14.3 Å². The number of benzene rings is 1. The van der Waals surface area contributed by atoms with Crippen LogP contribution in [-0.4, -0.2) is 21.3 Å². The molecule has 0 saturated heterocycles. The highest BCUT2D eigenvalue weighted by Gasteiger charge is 2.07. The third-order valence-electron chi connectivity index (χ3n) is 3.49. The highest BCUT2D eigenvalue weighted by molar-refractivity contribution is 6.42. The van der Waals surface area contributed by atoms with E-state index in [9.17, 15) is 4.79 Å². The first-order valence-corrected chi connectivity index (χ1v) is 7.88. The van der Waals surface area contributed by atoms with E-state index in [1.54, 1.807) is 18.3 Å². The molecule has 23 heavy (non-hydrogen) atoms. The van der Waals surface area contributed by atoms with Gasteiger partial charge in [0.05, 0.1) is 15.7 Å². The van der Waals surface area contributed by atoms with Crippen molar-refractivity contribution in [1.29, 1.82) is 0 Å². The van der Waals surface area contributed by atoms with Gasteiger partial charge in [0.2, 0.25) is 0 Å². The predicted molar refractivity (Wildman–Crippen MR) is 93.1 cm³/mol. The largest absolute Gasteiger partial charge is 0.296 e. The van der Waals surface area contributed by atoms with Gasteiger partial charge in [0.15, 0.2) is 0 Å². The second kappa shape index (κ2) is 6.71. The van der Waals surface area contributed by atoms with Crippen LogP contribution in [0.1, 0.15) is 11.3 Å². The Labute approximate surface area is 143 Å². The number of nitrogens with zero attached hydrogens (tertiary/aromatic N) is 3. The molecular formula is C17H15Cl2N3O. The summed E-state index contributed by atoms with van der Waals surface area (Å²) >= 11 is 12.0. The maximum atomic E-state index is 12.1. The van der Waals surface area contributed by atoms with Crippen LogP contribution in [0, 0.1) is 0 Å². The molecule has 0 fully saturated rings. The molecule has 1 aromatic carbocycles. The Kier molecular flexibility index (Phi) is 4.66. The molecule has 3 rings (SSSR count). The van der Waals surface area contributed by atoms with Crippen LogP contribution < -0.4 is 5.56 Å². The number of pyridine rings is 1. The molecule has 4 nitrogen and oxygen atoms in total. The van der Waals surface area contributed by atoms with Gasteiger partial charge < -0.3 is 0 Å². The van der Waals surface area contributed by atoms with Gasteiger partial charge >= 0.3 is 0 Å². The highest BCUT2D eigenvalue weighted by atomic mass is 35.5. The molecule has 0 N–H and O–H groups in total. The minimum absolute atomic E-state index is 0.0754. The zero-order valence-electron chi connectivity index (χ0n) is 12.5. The van der Waals surface area contributed by atoms with Gasteiger partial charge in [-0.3, -0.25) is 14.1 Å². The average Bonchev–Trinajstić information content (AvgIpc) is 2.51. The van der Waals surface area contributed by atoms with Gasteiger partial charge in [-0.1, -0.05) is 35.3 Å². The minimum Gasteiger partial charge on any atom is -0.296 e. The first-order valence-electron chi connectivity index (χ1n) is 7.13. The lowest BCUT2D eigenvalue weighted by Crippen LogP contribution is -2.21. The van der Waals surface area contributed by atoms with Crippen molar-refractivity contribution in [2.75, 3.05) is 7.05 Å². The van der Waals surface area contributed by atoms with Crippen molar-refractivity contribution in [3.05, 3.63) is 80.3 Å². The fourth-order valence-corrected chi connectivity index (χ4v) is 2.79. The molecular weight excluding hydrogens is 333 g/mol. The summed E-state index contributed by atoms with van der Waals surface area (Å²) in [6.45, 7) is 1.26. The minimum atomic E-state index is -0.0754. The van der Waals surface area contributed by atoms with Crippen LogP contribution in [0.2, 0.25) is 10.0 Å². The first kappa shape index (κ1) is 16.0. The summed E-state index contributed by atoms with van der Waals surface area (Å²) in [5, 5.41) is 1.09. The van der Waals surface area contributed by atoms with Crippen LogP contribution >= 0.6 is 23.2 Å². The van der Waals surface area contributed by atoms with Gasteiger partial charge in [-0.25, -0.2) is 4.98 Å². The summed E-state index contributed by atoms with van der Waals surface area (Å²) in [6.07, 6.45) is 1.72. The van der Waals surface area contributed by atoms with Crippen molar-refractivity contribution in [2.24, 2.45) is 0 Å². The number of rotatable bonds is 4. The summed E-state index contributed by atoms with van der Waals surface area (Å²) in [6, 6.07) is 12.6. The summed E-state index contributed by atoms with van der Waals surface area (Å²) in [5.41, 5.74) is 2.37. The van der Waals surface area contributed by atoms with E-state index in [0.29, 0.717) is 28.8 Å². The van der Waals surface area contributed by atoms with Gasteiger partial charge in [-0.2, -0.15) is 0 Å². The number of aromatic nitrogens is 2. The molecule has 0 aliphatic heterocycles. The smallest absolute Gasteiger partial charge is 0.258 e. The molecule has 0 saturated carbocycles. The Morgan fingerprint density at radius 2 is 1.91 bits per heavy atom. The molecule has 2 heterocycles. The number of fused-ring (bicyclic) bond motifs is 1. The van der Waals surface area contributed by atoms with Crippen LogP contribution in [0.5, 0.6) is 0 Å². The molecule has 6 heteroatoms. The average molecular weight is 348 g/mol. The summed E-state index contributed by atoms with van der Waals surface area (Å²) in [4.78, 5) is 18.7. The quantitative estimate of drug-likeness (QED) is 0.723. The zero-order chi connectivity index (χ0) is 16.4. The normalized spacial score (nSPS) is 11.3. The van der Waals surface area contributed by atoms with E-state index in [1.807, 2.05) is 37.4 Å². The van der Waals surface area contributed by atoms with Crippen molar-refractivity contribution in [2.45, 2.75) is 13.1 Å². The molecule has 0 atom stereocenters. The topological polar surface area (TPSA) is 37.6 Å². The molecule has 118 valence electrons. The van der Waals surface area contributed by atoms with Crippen LogP contribution in [0.15, 0.2) is 53.5 Å². The Morgan fingerprint density at radius 3 is 2.70 bits per heavy atom. The van der Waals surface area contributed by atoms with Crippen molar-refractivity contribution in [3.63, 3.8) is 0 Å². The second-order valence-corrected chi connectivity index (χ2v) is 6.25. The third-order valence-corrected chi connectivity index (χ3v) is 4.23. The van der Waals surface area contributed by atoms with E-state index in [2.05, 4.69) is 9.88 Å². The highest BCUT2D eigenvalue weighted by Crippen LogP contribution is 2.23. The third kappa shape index (κ3) is 3.72. The monoisotopic (exact) mass is 347 g/mol. The lowest BCUT2D eigenvalue weighted by Gasteiger charge is -2.16. The summed E-state index contributed by atoms with van der Waals surface area (Å²) in [5.74, 6) is 0. The standard InChI is InChI=1S/C17H15Cl2N3O/c1-21(10-12-5-6-14(18)15(19)8-12)11-13-9-17(23)22-7-3-2-4-16(22)20-13/h2-9H,10-11H2,1H3. The zero-order valence-corrected chi connectivity index (χ0v) is 14.1. The van der Waals surface area contributed by atoms with E-state index in [4.69, 9.17) is 23.2 Å². The summed E-state index contributed by atoms with van der Waals surface area (Å²) in [7, 11) is 1.97. The fraction of sp³-hybridized carbons (Fsp3) is 0.176. The van der Waals surface area contributed by atoms with Crippen molar-refractivity contribution in [3.8, 4) is 0 Å². The number of halogens is 2. The number of hydrogen-bond acceptors (Lipinski definition) is 3. The molecule has 0 unspecified atom stereocenters. The molecule has 0 radical (unpaired) electrons. The van der Waals surface area contributed by atoms with Crippen molar-refractivity contribution >= 4 is 28.8 Å². The Bertz CT molecular complexity index is 908. The second-order valence-electron chi connectivity index (χ2n) is 5.44. The SMILES string of the molecule is CN(Cc1ccc(Cl)c(Cl)c1)Cc1cc(=O)n2ccccc2n1. The lowest BCUT2D eigenvalue weighted by molar-refractivity contribution is 0.315.